The smallest absolute Gasteiger partial charge is 0.239 e. The number of likely N-dealkylation sites (N-methyl/N-ethyl adjacent to an activating group) is 1. The van der Waals surface area contributed by atoms with Crippen molar-refractivity contribution >= 4 is 5.91 Å². The minimum absolute atomic E-state index is 0.0542. The highest BCUT2D eigenvalue weighted by Gasteiger charge is 2.33. The molecule has 0 aromatic carbocycles. The molecule has 1 atom stereocenters. The molecule has 2 aliphatic heterocycles. The average Bonchev–Trinajstić information content (AvgIpc) is 2.45. The van der Waals surface area contributed by atoms with Crippen LogP contribution in [-0.2, 0) is 14.3 Å². The molecule has 1 unspecified atom stereocenters. The molecule has 0 aromatic heterocycles. The number of hydrogen-bond donors (Lipinski definition) is 2. The van der Waals surface area contributed by atoms with Crippen LogP contribution >= 0.6 is 0 Å². The fourth-order valence-corrected chi connectivity index (χ4v) is 2.56. The van der Waals surface area contributed by atoms with Crippen molar-refractivity contribution in [1.82, 2.24) is 10.2 Å². The molecule has 1 amide bonds. The second-order valence-electron chi connectivity index (χ2n) is 5.27. The Labute approximate surface area is 114 Å². The lowest BCUT2D eigenvalue weighted by Crippen LogP contribution is -2.56. The van der Waals surface area contributed by atoms with Gasteiger partial charge in [-0.2, -0.15) is 0 Å². The van der Waals surface area contributed by atoms with Gasteiger partial charge < -0.3 is 19.9 Å². The normalized spacial score (nSPS) is 28.0. The van der Waals surface area contributed by atoms with Crippen molar-refractivity contribution in [2.45, 2.75) is 31.4 Å². The molecule has 2 N–H and O–H groups in total. The van der Waals surface area contributed by atoms with E-state index in [0.717, 1.165) is 13.1 Å². The van der Waals surface area contributed by atoms with Crippen LogP contribution in [0, 0.1) is 0 Å². The van der Waals surface area contributed by atoms with Crippen molar-refractivity contribution in [2.75, 3.05) is 46.1 Å². The molecule has 2 heterocycles. The monoisotopic (exact) mass is 272 g/mol. The molecule has 0 aromatic rings. The van der Waals surface area contributed by atoms with Gasteiger partial charge in [0.25, 0.3) is 0 Å². The Morgan fingerprint density at radius 2 is 2.11 bits per heavy atom. The first-order chi connectivity index (χ1) is 9.14. The van der Waals surface area contributed by atoms with Gasteiger partial charge in [0.1, 0.15) is 6.04 Å². The zero-order valence-corrected chi connectivity index (χ0v) is 11.6. The number of amides is 1. The summed E-state index contributed by atoms with van der Waals surface area (Å²) in [5.74, 6) is -0.0542. The van der Waals surface area contributed by atoms with Gasteiger partial charge in [-0.1, -0.05) is 6.92 Å². The lowest BCUT2D eigenvalue weighted by Gasteiger charge is -2.36. The number of nitrogens with zero attached hydrogens (tertiary/aromatic N) is 1. The van der Waals surface area contributed by atoms with Crippen LogP contribution in [0.5, 0.6) is 0 Å². The molecule has 19 heavy (non-hydrogen) atoms. The molecule has 0 spiro atoms. The van der Waals surface area contributed by atoms with Crippen LogP contribution in [0.3, 0.4) is 0 Å². The van der Waals surface area contributed by atoms with Crippen LogP contribution in [-0.4, -0.2) is 73.6 Å². The number of carbonyl (C=O) groups excluding carboxylic acids is 1. The summed E-state index contributed by atoms with van der Waals surface area (Å²) >= 11 is 0. The summed E-state index contributed by atoms with van der Waals surface area (Å²) in [6.07, 6.45) is 1.15. The van der Waals surface area contributed by atoms with Crippen LogP contribution < -0.4 is 5.32 Å². The predicted octanol–water partition coefficient (Wildman–Crippen LogP) is -0.635. The van der Waals surface area contributed by atoms with Gasteiger partial charge in [-0.3, -0.25) is 9.69 Å². The average molecular weight is 272 g/mol. The minimum atomic E-state index is -0.819. The van der Waals surface area contributed by atoms with E-state index in [9.17, 15) is 9.90 Å². The maximum Gasteiger partial charge on any atom is 0.239 e. The fraction of sp³-hybridized carbons (Fsp3) is 0.923. The third kappa shape index (κ3) is 3.89. The van der Waals surface area contributed by atoms with Crippen molar-refractivity contribution in [3.05, 3.63) is 0 Å². The Hall–Kier alpha value is -0.690. The topological polar surface area (TPSA) is 71.0 Å². The Bertz CT molecular complexity index is 305. The van der Waals surface area contributed by atoms with E-state index in [4.69, 9.17) is 9.47 Å². The van der Waals surface area contributed by atoms with E-state index >= 15 is 0 Å². The molecule has 0 saturated carbocycles. The first kappa shape index (κ1) is 14.7. The molecule has 2 saturated heterocycles. The second kappa shape index (κ2) is 6.65. The van der Waals surface area contributed by atoms with E-state index in [1.807, 2.05) is 6.92 Å². The number of aliphatic hydroxyl groups is 1. The molecule has 0 aliphatic carbocycles. The highest BCUT2D eigenvalue weighted by Crippen LogP contribution is 2.19. The number of carbonyl (C=O) groups is 1. The Morgan fingerprint density at radius 1 is 1.37 bits per heavy atom. The number of ether oxygens (including phenoxy) is 2. The molecule has 2 rings (SSSR count). The standard InChI is InChI=1S/C13H24N2O4/c1-2-15-5-8-19-9-11(15)12(16)14-10-13(17)3-6-18-7-4-13/h11,17H,2-10H2,1H3,(H,14,16). The molecule has 110 valence electrons. The Morgan fingerprint density at radius 3 is 2.79 bits per heavy atom. The zero-order valence-electron chi connectivity index (χ0n) is 11.6. The van der Waals surface area contributed by atoms with Crippen LogP contribution in [0.1, 0.15) is 19.8 Å². The summed E-state index contributed by atoms with van der Waals surface area (Å²) in [4.78, 5) is 14.3. The molecular formula is C13H24N2O4. The predicted molar refractivity (Wildman–Crippen MR) is 69.9 cm³/mol. The van der Waals surface area contributed by atoms with Crippen LogP contribution in [0.25, 0.3) is 0 Å². The summed E-state index contributed by atoms with van der Waals surface area (Å²) < 4.78 is 10.6. The first-order valence-corrected chi connectivity index (χ1v) is 7.04. The maximum absolute atomic E-state index is 12.2. The summed E-state index contributed by atoms with van der Waals surface area (Å²) in [6.45, 7) is 6.17. The van der Waals surface area contributed by atoms with Gasteiger partial charge >= 0.3 is 0 Å². The molecular weight excluding hydrogens is 248 g/mol. The van der Waals surface area contributed by atoms with Gasteiger partial charge in [-0.15, -0.1) is 0 Å². The number of hydrogen-bond acceptors (Lipinski definition) is 5. The van der Waals surface area contributed by atoms with Gasteiger partial charge in [0, 0.05) is 39.1 Å². The van der Waals surface area contributed by atoms with E-state index < -0.39 is 5.60 Å². The first-order valence-electron chi connectivity index (χ1n) is 7.04. The lowest BCUT2D eigenvalue weighted by molar-refractivity contribution is -0.134. The van der Waals surface area contributed by atoms with Crippen molar-refractivity contribution in [3.8, 4) is 0 Å². The van der Waals surface area contributed by atoms with Crippen LogP contribution in [0.15, 0.2) is 0 Å². The van der Waals surface area contributed by atoms with E-state index in [0.29, 0.717) is 45.8 Å². The quantitative estimate of drug-likeness (QED) is 0.713. The molecule has 0 radical (unpaired) electrons. The summed E-state index contributed by atoms with van der Waals surface area (Å²) in [5.41, 5.74) is -0.819. The summed E-state index contributed by atoms with van der Waals surface area (Å²) in [7, 11) is 0. The van der Waals surface area contributed by atoms with Crippen molar-refractivity contribution in [1.29, 1.82) is 0 Å². The van der Waals surface area contributed by atoms with Crippen molar-refractivity contribution in [2.24, 2.45) is 0 Å². The van der Waals surface area contributed by atoms with E-state index in [1.165, 1.54) is 0 Å². The fourth-order valence-electron chi connectivity index (χ4n) is 2.56. The molecule has 2 aliphatic rings. The largest absolute Gasteiger partial charge is 0.388 e. The van der Waals surface area contributed by atoms with Gasteiger partial charge in [0.15, 0.2) is 0 Å². The van der Waals surface area contributed by atoms with E-state index in [-0.39, 0.29) is 11.9 Å². The third-order valence-electron chi connectivity index (χ3n) is 3.96. The van der Waals surface area contributed by atoms with Crippen LogP contribution in [0.4, 0.5) is 0 Å². The number of rotatable bonds is 4. The van der Waals surface area contributed by atoms with E-state index in [1.54, 1.807) is 0 Å². The van der Waals surface area contributed by atoms with Gasteiger partial charge in [-0.25, -0.2) is 0 Å². The second-order valence-corrected chi connectivity index (χ2v) is 5.27. The molecule has 0 bridgehead atoms. The van der Waals surface area contributed by atoms with Gasteiger partial charge in [0.2, 0.25) is 5.91 Å². The number of nitrogens with one attached hydrogen (secondary N) is 1. The maximum atomic E-state index is 12.2. The SMILES string of the molecule is CCN1CCOCC1C(=O)NCC1(O)CCOCC1. The van der Waals surface area contributed by atoms with Gasteiger partial charge in [0.05, 0.1) is 18.8 Å². The van der Waals surface area contributed by atoms with Gasteiger partial charge in [-0.05, 0) is 6.54 Å². The minimum Gasteiger partial charge on any atom is -0.388 e. The Balaban J connectivity index is 1.82. The van der Waals surface area contributed by atoms with Crippen molar-refractivity contribution in [3.63, 3.8) is 0 Å². The number of morpholine rings is 1. The van der Waals surface area contributed by atoms with Crippen molar-refractivity contribution < 1.29 is 19.4 Å². The molecule has 6 nitrogen and oxygen atoms in total. The highest BCUT2D eigenvalue weighted by atomic mass is 16.5. The lowest BCUT2D eigenvalue weighted by atomic mass is 9.94. The van der Waals surface area contributed by atoms with Crippen LogP contribution in [0.2, 0.25) is 0 Å². The van der Waals surface area contributed by atoms with E-state index in [2.05, 4.69) is 10.2 Å². The molecule has 6 heteroatoms. The summed E-state index contributed by atoms with van der Waals surface area (Å²) in [6, 6.07) is -0.234. The summed E-state index contributed by atoms with van der Waals surface area (Å²) in [5, 5.41) is 13.2. The Kier molecular flexibility index (Phi) is 5.15. The third-order valence-corrected chi connectivity index (χ3v) is 3.96. The molecule has 2 fully saturated rings. The highest BCUT2D eigenvalue weighted by molar-refractivity contribution is 5.82. The zero-order chi connectivity index (χ0) is 13.7.